The maximum atomic E-state index is 12.4. The van der Waals surface area contributed by atoms with E-state index in [1.54, 1.807) is 11.9 Å². The number of hydrogen-bond acceptors (Lipinski definition) is 5. The molecule has 0 saturated carbocycles. The molecule has 3 aromatic rings. The molecule has 4 rings (SSSR count). The molecule has 3 heterocycles. The van der Waals surface area contributed by atoms with Crippen LogP contribution in [0, 0.1) is 0 Å². The quantitative estimate of drug-likeness (QED) is 0.712. The highest BCUT2D eigenvalue weighted by Crippen LogP contribution is 2.32. The van der Waals surface area contributed by atoms with Crippen LogP contribution in [-0.4, -0.2) is 39.2 Å². The van der Waals surface area contributed by atoms with Gasteiger partial charge in [-0.15, -0.1) is 10.2 Å². The van der Waals surface area contributed by atoms with Gasteiger partial charge in [-0.2, -0.15) is 0 Å². The van der Waals surface area contributed by atoms with E-state index in [0.29, 0.717) is 19.4 Å². The van der Waals surface area contributed by atoms with Gasteiger partial charge in [-0.1, -0.05) is 12.1 Å². The summed E-state index contributed by atoms with van der Waals surface area (Å²) in [6.45, 7) is 0.678. The van der Waals surface area contributed by atoms with Gasteiger partial charge in [-0.3, -0.25) is 9.20 Å². The standard InChI is InChI=1S/C18H18N4O3/c1-21(11-17-20-19-16-4-2-3-9-22(16)17)18(23)8-6-13-5-7-14-15(10-13)25-12-24-14/h2-5,7,9-10H,6,8,11-12H2,1H3. The minimum Gasteiger partial charge on any atom is -0.454 e. The Hall–Kier alpha value is -3.09. The number of aromatic nitrogens is 3. The molecule has 7 heteroatoms. The highest BCUT2D eigenvalue weighted by atomic mass is 16.7. The first-order valence-corrected chi connectivity index (χ1v) is 8.12. The highest BCUT2D eigenvalue weighted by Gasteiger charge is 2.16. The number of carbonyl (C=O) groups is 1. The average molecular weight is 338 g/mol. The van der Waals surface area contributed by atoms with Crippen LogP contribution in [0.1, 0.15) is 17.8 Å². The second kappa shape index (κ2) is 6.43. The van der Waals surface area contributed by atoms with Crippen LogP contribution < -0.4 is 9.47 Å². The van der Waals surface area contributed by atoms with Crippen molar-refractivity contribution in [3.8, 4) is 11.5 Å². The van der Waals surface area contributed by atoms with Gasteiger partial charge in [0.2, 0.25) is 12.7 Å². The second-order valence-corrected chi connectivity index (χ2v) is 5.98. The van der Waals surface area contributed by atoms with Crippen molar-refractivity contribution in [3.63, 3.8) is 0 Å². The Bertz CT molecular complexity index is 922. The first-order valence-electron chi connectivity index (χ1n) is 8.12. The van der Waals surface area contributed by atoms with Gasteiger partial charge in [-0.25, -0.2) is 0 Å². The maximum absolute atomic E-state index is 12.4. The first kappa shape index (κ1) is 15.4. The molecule has 128 valence electrons. The van der Waals surface area contributed by atoms with Crippen molar-refractivity contribution in [3.05, 3.63) is 54.0 Å². The molecule has 25 heavy (non-hydrogen) atoms. The molecule has 2 aromatic heterocycles. The molecular formula is C18H18N4O3. The third-order valence-electron chi connectivity index (χ3n) is 4.25. The van der Waals surface area contributed by atoms with Crippen LogP contribution in [0.4, 0.5) is 0 Å². The van der Waals surface area contributed by atoms with Gasteiger partial charge >= 0.3 is 0 Å². The predicted octanol–water partition coefficient (Wildman–Crippen LogP) is 2.05. The fourth-order valence-corrected chi connectivity index (χ4v) is 2.84. The van der Waals surface area contributed by atoms with Gasteiger partial charge in [-0.05, 0) is 36.2 Å². The van der Waals surface area contributed by atoms with Crippen molar-refractivity contribution < 1.29 is 14.3 Å². The molecule has 0 N–H and O–H groups in total. The number of aryl methyl sites for hydroxylation is 1. The van der Waals surface area contributed by atoms with E-state index in [4.69, 9.17) is 9.47 Å². The molecule has 0 radical (unpaired) electrons. The number of fused-ring (bicyclic) bond motifs is 2. The zero-order valence-electron chi connectivity index (χ0n) is 13.9. The van der Waals surface area contributed by atoms with Gasteiger partial charge in [0.05, 0.1) is 6.54 Å². The molecule has 7 nitrogen and oxygen atoms in total. The molecule has 0 aliphatic carbocycles. The Kier molecular flexibility index (Phi) is 3.97. The Labute approximate surface area is 144 Å². The number of carbonyl (C=O) groups excluding carboxylic acids is 1. The van der Waals surface area contributed by atoms with E-state index in [1.807, 2.05) is 47.0 Å². The molecule has 0 fully saturated rings. The third-order valence-corrected chi connectivity index (χ3v) is 4.25. The largest absolute Gasteiger partial charge is 0.454 e. The van der Waals surface area contributed by atoms with E-state index < -0.39 is 0 Å². The summed E-state index contributed by atoms with van der Waals surface area (Å²) in [5.74, 6) is 2.30. The summed E-state index contributed by atoms with van der Waals surface area (Å²) in [4.78, 5) is 14.1. The smallest absolute Gasteiger partial charge is 0.231 e. The van der Waals surface area contributed by atoms with Crippen molar-refractivity contribution in [1.82, 2.24) is 19.5 Å². The van der Waals surface area contributed by atoms with E-state index >= 15 is 0 Å². The molecule has 1 aromatic carbocycles. The van der Waals surface area contributed by atoms with Crippen LogP contribution in [0.2, 0.25) is 0 Å². The van der Waals surface area contributed by atoms with Crippen LogP contribution in [0.3, 0.4) is 0 Å². The molecule has 0 bridgehead atoms. The average Bonchev–Trinajstić information content (AvgIpc) is 3.26. The number of amides is 1. The second-order valence-electron chi connectivity index (χ2n) is 5.98. The molecule has 1 aliphatic heterocycles. The van der Waals surface area contributed by atoms with Crippen molar-refractivity contribution >= 4 is 11.6 Å². The van der Waals surface area contributed by atoms with E-state index in [2.05, 4.69) is 10.2 Å². The van der Waals surface area contributed by atoms with Crippen LogP contribution in [0.5, 0.6) is 11.5 Å². The molecule has 0 spiro atoms. The number of benzene rings is 1. The van der Waals surface area contributed by atoms with Crippen molar-refractivity contribution in [2.24, 2.45) is 0 Å². The van der Waals surface area contributed by atoms with Gasteiger partial charge in [0.15, 0.2) is 23.0 Å². The van der Waals surface area contributed by atoms with E-state index in [0.717, 1.165) is 28.5 Å². The SMILES string of the molecule is CN(Cc1nnc2ccccn12)C(=O)CCc1ccc2c(c1)OCO2. The van der Waals surface area contributed by atoms with E-state index in [1.165, 1.54) is 0 Å². The number of nitrogens with zero attached hydrogens (tertiary/aromatic N) is 4. The lowest BCUT2D eigenvalue weighted by Crippen LogP contribution is -2.27. The molecule has 0 unspecified atom stereocenters. The predicted molar refractivity (Wildman–Crippen MR) is 90.3 cm³/mol. The molecule has 0 saturated heterocycles. The lowest BCUT2D eigenvalue weighted by atomic mass is 10.1. The lowest BCUT2D eigenvalue weighted by Gasteiger charge is -2.16. The van der Waals surface area contributed by atoms with E-state index in [9.17, 15) is 4.79 Å². The normalized spacial score (nSPS) is 12.5. The first-order chi connectivity index (χ1) is 12.2. The number of rotatable bonds is 5. The molecular weight excluding hydrogens is 320 g/mol. The summed E-state index contributed by atoms with van der Waals surface area (Å²) in [7, 11) is 1.78. The zero-order valence-corrected chi connectivity index (χ0v) is 13.9. The van der Waals surface area contributed by atoms with Gasteiger partial charge < -0.3 is 14.4 Å². The minimum atomic E-state index is 0.0605. The molecule has 1 amide bonds. The Balaban J connectivity index is 1.37. The van der Waals surface area contributed by atoms with Crippen LogP contribution in [-0.2, 0) is 17.8 Å². The number of hydrogen-bond donors (Lipinski definition) is 0. The summed E-state index contributed by atoms with van der Waals surface area (Å²) in [6, 6.07) is 11.5. The third kappa shape index (κ3) is 3.13. The van der Waals surface area contributed by atoms with Gasteiger partial charge in [0.25, 0.3) is 0 Å². The number of ether oxygens (including phenoxy) is 2. The minimum absolute atomic E-state index is 0.0605. The fraction of sp³-hybridized carbons (Fsp3) is 0.278. The van der Waals surface area contributed by atoms with Crippen molar-refractivity contribution in [2.75, 3.05) is 13.8 Å². The topological polar surface area (TPSA) is 69.0 Å². The van der Waals surface area contributed by atoms with Crippen LogP contribution in [0.15, 0.2) is 42.6 Å². The van der Waals surface area contributed by atoms with Crippen molar-refractivity contribution in [1.29, 1.82) is 0 Å². The summed E-state index contributed by atoms with van der Waals surface area (Å²) >= 11 is 0. The van der Waals surface area contributed by atoms with Crippen molar-refractivity contribution in [2.45, 2.75) is 19.4 Å². The Morgan fingerprint density at radius 3 is 3.00 bits per heavy atom. The van der Waals surface area contributed by atoms with Crippen LogP contribution >= 0.6 is 0 Å². The summed E-state index contributed by atoms with van der Waals surface area (Å²) in [6.07, 6.45) is 2.98. The lowest BCUT2D eigenvalue weighted by molar-refractivity contribution is -0.130. The Morgan fingerprint density at radius 2 is 2.08 bits per heavy atom. The number of pyridine rings is 1. The van der Waals surface area contributed by atoms with E-state index in [-0.39, 0.29) is 12.7 Å². The molecule has 0 atom stereocenters. The highest BCUT2D eigenvalue weighted by molar-refractivity contribution is 5.76. The maximum Gasteiger partial charge on any atom is 0.231 e. The van der Waals surface area contributed by atoms with Gasteiger partial charge in [0, 0.05) is 19.7 Å². The van der Waals surface area contributed by atoms with Crippen LogP contribution in [0.25, 0.3) is 5.65 Å². The summed E-state index contributed by atoms with van der Waals surface area (Å²) in [5, 5.41) is 8.27. The monoisotopic (exact) mass is 338 g/mol. The Morgan fingerprint density at radius 1 is 1.20 bits per heavy atom. The zero-order chi connectivity index (χ0) is 17.2. The van der Waals surface area contributed by atoms with Gasteiger partial charge in [0.1, 0.15) is 0 Å². The molecule has 1 aliphatic rings. The summed E-state index contributed by atoms with van der Waals surface area (Å²) < 4.78 is 12.6. The summed E-state index contributed by atoms with van der Waals surface area (Å²) in [5.41, 5.74) is 1.83. The fourth-order valence-electron chi connectivity index (χ4n) is 2.84.